The third kappa shape index (κ3) is 4.09. The molecule has 0 aliphatic heterocycles. The Labute approximate surface area is 161 Å². The summed E-state index contributed by atoms with van der Waals surface area (Å²) in [6.07, 6.45) is 2.91. The summed E-state index contributed by atoms with van der Waals surface area (Å²) in [6.45, 7) is 0. The molecular formula is C21H17NO6. The molecule has 1 heterocycles. The van der Waals surface area contributed by atoms with Crippen molar-refractivity contribution in [3.63, 3.8) is 0 Å². The lowest BCUT2D eigenvalue weighted by Crippen LogP contribution is -1.99. The number of ether oxygens (including phenoxy) is 2. The van der Waals surface area contributed by atoms with Gasteiger partial charge in [0, 0.05) is 23.8 Å². The van der Waals surface area contributed by atoms with Crippen molar-refractivity contribution in [2.24, 2.45) is 0 Å². The molecule has 0 aliphatic rings. The van der Waals surface area contributed by atoms with Gasteiger partial charge in [-0.3, -0.25) is 14.9 Å². The fraction of sp³-hybridized carbons (Fsp3) is 0.0952. The van der Waals surface area contributed by atoms with E-state index < -0.39 is 4.92 Å². The molecule has 142 valence electrons. The van der Waals surface area contributed by atoms with Crippen LogP contribution in [0.1, 0.15) is 16.1 Å². The Morgan fingerprint density at radius 3 is 2.61 bits per heavy atom. The molecule has 0 saturated heterocycles. The van der Waals surface area contributed by atoms with Crippen molar-refractivity contribution < 1.29 is 23.6 Å². The Hall–Kier alpha value is -3.87. The summed E-state index contributed by atoms with van der Waals surface area (Å²) in [5.41, 5.74) is 0.954. The molecule has 0 bridgehead atoms. The van der Waals surface area contributed by atoms with Crippen LogP contribution in [0, 0.1) is 10.1 Å². The van der Waals surface area contributed by atoms with E-state index in [1.807, 2.05) is 0 Å². The SMILES string of the molecule is COc1ccc(C(=O)C=Cc2ccc(-c3cccc([N+](=O)[O-])c3)o2)c(OC)c1. The average molecular weight is 379 g/mol. The fourth-order valence-corrected chi connectivity index (χ4v) is 2.62. The quantitative estimate of drug-likeness (QED) is 0.254. The minimum atomic E-state index is -0.464. The van der Waals surface area contributed by atoms with E-state index in [1.165, 1.54) is 38.5 Å². The third-order valence-corrected chi connectivity index (χ3v) is 4.04. The number of ketones is 1. The van der Waals surface area contributed by atoms with Gasteiger partial charge in [-0.1, -0.05) is 12.1 Å². The number of non-ortho nitro benzene ring substituents is 1. The van der Waals surface area contributed by atoms with E-state index >= 15 is 0 Å². The van der Waals surface area contributed by atoms with Gasteiger partial charge < -0.3 is 13.9 Å². The van der Waals surface area contributed by atoms with Gasteiger partial charge >= 0.3 is 0 Å². The Morgan fingerprint density at radius 2 is 1.89 bits per heavy atom. The summed E-state index contributed by atoms with van der Waals surface area (Å²) in [7, 11) is 3.01. The van der Waals surface area contributed by atoms with E-state index in [9.17, 15) is 14.9 Å². The number of methoxy groups -OCH3 is 2. The van der Waals surface area contributed by atoms with Crippen molar-refractivity contribution in [1.82, 2.24) is 0 Å². The monoisotopic (exact) mass is 379 g/mol. The van der Waals surface area contributed by atoms with E-state index in [1.54, 1.807) is 42.5 Å². The van der Waals surface area contributed by atoms with Crippen molar-refractivity contribution in [2.45, 2.75) is 0 Å². The molecule has 0 radical (unpaired) electrons. The Morgan fingerprint density at radius 1 is 1.07 bits per heavy atom. The van der Waals surface area contributed by atoms with Crippen molar-refractivity contribution in [1.29, 1.82) is 0 Å². The average Bonchev–Trinajstić information content (AvgIpc) is 3.20. The standard InChI is InChI=1S/C21H17NO6/c1-26-17-6-9-18(21(13-17)27-2)19(23)10-7-16-8-11-20(28-16)14-4-3-5-15(12-14)22(24)25/h3-13H,1-2H3. The second-order valence-corrected chi connectivity index (χ2v) is 5.77. The Bertz CT molecular complexity index is 1050. The van der Waals surface area contributed by atoms with Gasteiger partial charge in [-0.05, 0) is 36.4 Å². The molecule has 0 unspecified atom stereocenters. The molecule has 0 fully saturated rings. The maximum atomic E-state index is 12.5. The maximum absolute atomic E-state index is 12.5. The first kappa shape index (κ1) is 18.9. The highest BCUT2D eigenvalue weighted by molar-refractivity contribution is 6.08. The van der Waals surface area contributed by atoms with Gasteiger partial charge in [0.15, 0.2) is 5.78 Å². The van der Waals surface area contributed by atoms with Gasteiger partial charge in [0.25, 0.3) is 5.69 Å². The molecule has 3 aromatic rings. The third-order valence-electron chi connectivity index (χ3n) is 4.04. The van der Waals surface area contributed by atoms with Crippen LogP contribution in [-0.4, -0.2) is 24.9 Å². The van der Waals surface area contributed by atoms with Crippen LogP contribution in [0.25, 0.3) is 17.4 Å². The van der Waals surface area contributed by atoms with Crippen molar-refractivity contribution in [3.8, 4) is 22.8 Å². The van der Waals surface area contributed by atoms with Gasteiger partial charge in [0.1, 0.15) is 23.0 Å². The number of carbonyl (C=O) groups is 1. The first-order valence-corrected chi connectivity index (χ1v) is 8.31. The lowest BCUT2D eigenvalue weighted by atomic mass is 10.1. The number of hydrogen-bond acceptors (Lipinski definition) is 6. The summed E-state index contributed by atoms with van der Waals surface area (Å²) in [5, 5.41) is 10.9. The van der Waals surface area contributed by atoms with Crippen LogP contribution in [0.4, 0.5) is 5.69 Å². The highest BCUT2D eigenvalue weighted by Crippen LogP contribution is 2.27. The number of furan rings is 1. The second-order valence-electron chi connectivity index (χ2n) is 5.77. The number of carbonyl (C=O) groups excluding carboxylic acids is 1. The van der Waals surface area contributed by atoms with E-state index in [4.69, 9.17) is 13.9 Å². The smallest absolute Gasteiger partial charge is 0.270 e. The van der Waals surface area contributed by atoms with Crippen molar-refractivity contribution in [2.75, 3.05) is 14.2 Å². The lowest BCUT2D eigenvalue weighted by Gasteiger charge is -2.07. The number of nitro groups is 1. The summed E-state index contributed by atoms with van der Waals surface area (Å²) in [6, 6.07) is 14.5. The number of allylic oxidation sites excluding steroid dienone is 1. The molecule has 0 amide bonds. The predicted octanol–water partition coefficient (Wildman–Crippen LogP) is 4.77. The molecule has 3 rings (SSSR count). The molecule has 7 nitrogen and oxygen atoms in total. The Balaban J connectivity index is 1.80. The molecule has 0 saturated carbocycles. The van der Waals surface area contributed by atoms with Crippen LogP contribution in [0.2, 0.25) is 0 Å². The molecule has 0 N–H and O–H groups in total. The molecular weight excluding hydrogens is 362 g/mol. The largest absolute Gasteiger partial charge is 0.497 e. The first-order valence-electron chi connectivity index (χ1n) is 8.31. The van der Waals surface area contributed by atoms with Crippen LogP contribution >= 0.6 is 0 Å². The molecule has 1 aromatic heterocycles. The van der Waals surface area contributed by atoms with Gasteiger partial charge in [-0.25, -0.2) is 0 Å². The van der Waals surface area contributed by atoms with Crippen molar-refractivity contribution in [3.05, 3.63) is 82.1 Å². The van der Waals surface area contributed by atoms with Crippen molar-refractivity contribution >= 4 is 17.5 Å². The highest BCUT2D eigenvalue weighted by Gasteiger charge is 2.12. The molecule has 7 heteroatoms. The zero-order valence-electron chi connectivity index (χ0n) is 15.2. The van der Waals surface area contributed by atoms with E-state index in [0.29, 0.717) is 34.1 Å². The summed E-state index contributed by atoms with van der Waals surface area (Å²) >= 11 is 0. The lowest BCUT2D eigenvalue weighted by molar-refractivity contribution is -0.384. The summed E-state index contributed by atoms with van der Waals surface area (Å²) in [5.74, 6) is 1.66. The summed E-state index contributed by atoms with van der Waals surface area (Å²) in [4.78, 5) is 22.9. The fourth-order valence-electron chi connectivity index (χ4n) is 2.62. The van der Waals surface area contributed by atoms with Crippen LogP contribution in [0.15, 0.2) is 65.1 Å². The topological polar surface area (TPSA) is 91.8 Å². The van der Waals surface area contributed by atoms with Gasteiger partial charge in [-0.15, -0.1) is 0 Å². The first-order chi connectivity index (χ1) is 13.5. The zero-order valence-corrected chi connectivity index (χ0v) is 15.2. The number of nitro benzene ring substituents is 1. The van der Waals surface area contributed by atoms with Crippen LogP contribution < -0.4 is 9.47 Å². The summed E-state index contributed by atoms with van der Waals surface area (Å²) < 4.78 is 16.0. The van der Waals surface area contributed by atoms with Crippen LogP contribution in [0.3, 0.4) is 0 Å². The van der Waals surface area contributed by atoms with Crippen LogP contribution in [0.5, 0.6) is 11.5 Å². The minimum Gasteiger partial charge on any atom is -0.497 e. The second kappa shape index (κ2) is 8.22. The maximum Gasteiger partial charge on any atom is 0.270 e. The van der Waals surface area contributed by atoms with Crippen LogP contribution in [-0.2, 0) is 0 Å². The number of rotatable bonds is 7. The Kier molecular flexibility index (Phi) is 5.55. The van der Waals surface area contributed by atoms with E-state index in [0.717, 1.165) is 0 Å². The van der Waals surface area contributed by atoms with Gasteiger partial charge in [0.05, 0.1) is 24.7 Å². The normalized spacial score (nSPS) is 10.8. The predicted molar refractivity (Wildman–Crippen MR) is 104 cm³/mol. The highest BCUT2D eigenvalue weighted by atomic mass is 16.6. The number of hydrogen-bond donors (Lipinski definition) is 0. The van der Waals surface area contributed by atoms with E-state index in [2.05, 4.69) is 0 Å². The molecule has 0 spiro atoms. The zero-order chi connectivity index (χ0) is 20.1. The molecule has 28 heavy (non-hydrogen) atoms. The minimum absolute atomic E-state index is 0.0206. The van der Waals surface area contributed by atoms with Gasteiger partial charge in [0.2, 0.25) is 0 Å². The van der Waals surface area contributed by atoms with E-state index in [-0.39, 0.29) is 11.5 Å². The number of nitrogens with zero attached hydrogens (tertiary/aromatic N) is 1. The molecule has 0 aliphatic carbocycles. The van der Waals surface area contributed by atoms with Gasteiger partial charge in [-0.2, -0.15) is 0 Å². The number of benzene rings is 2. The molecule has 2 aromatic carbocycles. The molecule has 0 atom stereocenters.